The summed E-state index contributed by atoms with van der Waals surface area (Å²) >= 11 is 0. The van der Waals surface area contributed by atoms with Crippen molar-refractivity contribution in [3.05, 3.63) is 58.5 Å². The highest BCUT2D eigenvalue weighted by molar-refractivity contribution is 5.83. The fraction of sp³-hybridized carbons (Fsp3) is 0.318. The molecule has 0 saturated carbocycles. The Balaban J connectivity index is 1.39. The number of nitrogens with zero attached hydrogens (tertiary/aromatic N) is 3. The SMILES string of the molecule is Cc1ccc2c(c1)c(CNC(=O)CCc1nc3cc(C)c(C)cc3[nH]1)nn2C. The molecule has 144 valence electrons. The molecule has 28 heavy (non-hydrogen) atoms. The molecule has 0 unspecified atom stereocenters. The van der Waals surface area contributed by atoms with Crippen molar-refractivity contribution >= 4 is 27.8 Å². The number of fused-ring (bicyclic) bond motifs is 2. The van der Waals surface area contributed by atoms with Gasteiger partial charge in [-0.3, -0.25) is 9.48 Å². The highest BCUT2D eigenvalue weighted by atomic mass is 16.1. The maximum Gasteiger partial charge on any atom is 0.220 e. The van der Waals surface area contributed by atoms with Gasteiger partial charge in [0, 0.05) is 25.3 Å². The Morgan fingerprint density at radius 2 is 1.93 bits per heavy atom. The zero-order valence-electron chi connectivity index (χ0n) is 16.8. The largest absolute Gasteiger partial charge is 0.350 e. The van der Waals surface area contributed by atoms with E-state index in [0.29, 0.717) is 19.4 Å². The van der Waals surface area contributed by atoms with Gasteiger partial charge in [0.25, 0.3) is 0 Å². The van der Waals surface area contributed by atoms with Crippen LogP contribution in [-0.4, -0.2) is 25.7 Å². The van der Waals surface area contributed by atoms with Gasteiger partial charge in [-0.15, -0.1) is 0 Å². The minimum atomic E-state index is -0.000673. The predicted octanol–water partition coefficient (Wildman–Crippen LogP) is 3.62. The van der Waals surface area contributed by atoms with Gasteiger partial charge in [0.05, 0.1) is 28.8 Å². The lowest BCUT2D eigenvalue weighted by atomic mass is 10.1. The summed E-state index contributed by atoms with van der Waals surface area (Å²) in [5.74, 6) is 0.841. The molecule has 2 heterocycles. The van der Waals surface area contributed by atoms with E-state index < -0.39 is 0 Å². The Hall–Kier alpha value is -3.15. The first-order chi connectivity index (χ1) is 13.4. The highest BCUT2D eigenvalue weighted by Gasteiger charge is 2.11. The number of hydrogen-bond acceptors (Lipinski definition) is 3. The molecule has 0 spiro atoms. The van der Waals surface area contributed by atoms with Crippen LogP contribution in [0, 0.1) is 20.8 Å². The maximum absolute atomic E-state index is 12.3. The number of rotatable bonds is 5. The fourth-order valence-electron chi connectivity index (χ4n) is 3.53. The summed E-state index contributed by atoms with van der Waals surface area (Å²) in [5, 5.41) is 8.63. The van der Waals surface area contributed by atoms with Crippen LogP contribution in [0.15, 0.2) is 30.3 Å². The number of aromatic nitrogens is 4. The maximum atomic E-state index is 12.3. The van der Waals surface area contributed by atoms with Crippen molar-refractivity contribution in [3.63, 3.8) is 0 Å². The van der Waals surface area contributed by atoms with Crippen LogP contribution in [0.1, 0.15) is 34.6 Å². The van der Waals surface area contributed by atoms with Gasteiger partial charge in [-0.2, -0.15) is 5.10 Å². The summed E-state index contributed by atoms with van der Waals surface area (Å²) in [6, 6.07) is 10.4. The van der Waals surface area contributed by atoms with Crippen molar-refractivity contribution in [2.75, 3.05) is 0 Å². The molecule has 2 aromatic heterocycles. The minimum Gasteiger partial charge on any atom is -0.350 e. The van der Waals surface area contributed by atoms with E-state index in [0.717, 1.165) is 33.5 Å². The van der Waals surface area contributed by atoms with Crippen molar-refractivity contribution in [1.29, 1.82) is 0 Å². The average molecular weight is 375 g/mol. The van der Waals surface area contributed by atoms with Crippen molar-refractivity contribution in [1.82, 2.24) is 25.1 Å². The lowest BCUT2D eigenvalue weighted by Crippen LogP contribution is -2.23. The molecular formula is C22H25N5O. The zero-order chi connectivity index (χ0) is 19.8. The van der Waals surface area contributed by atoms with Crippen LogP contribution in [0.2, 0.25) is 0 Å². The van der Waals surface area contributed by atoms with Gasteiger partial charge in [-0.25, -0.2) is 4.98 Å². The summed E-state index contributed by atoms with van der Waals surface area (Å²) < 4.78 is 1.86. The number of carbonyl (C=O) groups excluding carboxylic acids is 1. The number of benzene rings is 2. The average Bonchev–Trinajstić information content (AvgIpc) is 3.18. The Bertz CT molecular complexity index is 1150. The molecule has 0 aliphatic carbocycles. The Kier molecular flexibility index (Phi) is 4.63. The molecule has 0 aliphatic rings. The van der Waals surface area contributed by atoms with Gasteiger partial charge in [0.2, 0.25) is 5.91 Å². The van der Waals surface area contributed by atoms with Gasteiger partial charge in [0.15, 0.2) is 0 Å². The van der Waals surface area contributed by atoms with Crippen LogP contribution in [0.5, 0.6) is 0 Å². The van der Waals surface area contributed by atoms with E-state index in [-0.39, 0.29) is 5.91 Å². The molecule has 1 amide bonds. The lowest BCUT2D eigenvalue weighted by Gasteiger charge is -2.03. The molecule has 2 aromatic carbocycles. The van der Waals surface area contributed by atoms with Crippen LogP contribution < -0.4 is 5.32 Å². The summed E-state index contributed by atoms with van der Waals surface area (Å²) in [6.07, 6.45) is 0.974. The van der Waals surface area contributed by atoms with E-state index in [2.05, 4.69) is 71.5 Å². The van der Waals surface area contributed by atoms with Gasteiger partial charge in [-0.05, 0) is 56.2 Å². The molecule has 6 heteroatoms. The van der Waals surface area contributed by atoms with E-state index in [4.69, 9.17) is 0 Å². The second kappa shape index (κ2) is 7.11. The number of nitrogens with one attached hydrogen (secondary N) is 2. The zero-order valence-corrected chi connectivity index (χ0v) is 16.8. The molecule has 6 nitrogen and oxygen atoms in total. The number of aryl methyl sites for hydroxylation is 5. The third-order valence-corrected chi connectivity index (χ3v) is 5.27. The summed E-state index contributed by atoms with van der Waals surface area (Å²) in [7, 11) is 1.92. The summed E-state index contributed by atoms with van der Waals surface area (Å²) in [4.78, 5) is 20.3. The monoisotopic (exact) mass is 375 g/mol. The smallest absolute Gasteiger partial charge is 0.220 e. The quantitative estimate of drug-likeness (QED) is 0.559. The summed E-state index contributed by atoms with van der Waals surface area (Å²) in [6.45, 7) is 6.66. The number of imidazole rings is 1. The topological polar surface area (TPSA) is 75.6 Å². The Morgan fingerprint density at radius 1 is 1.14 bits per heavy atom. The van der Waals surface area contributed by atoms with Crippen molar-refractivity contribution in [3.8, 4) is 0 Å². The fourth-order valence-corrected chi connectivity index (χ4v) is 3.53. The first kappa shape index (κ1) is 18.2. The Labute approximate surface area is 164 Å². The number of carbonyl (C=O) groups is 1. The van der Waals surface area contributed by atoms with Gasteiger partial charge in [-0.1, -0.05) is 11.6 Å². The van der Waals surface area contributed by atoms with Gasteiger partial charge >= 0.3 is 0 Å². The van der Waals surface area contributed by atoms with E-state index in [1.54, 1.807) is 0 Å². The molecule has 0 fully saturated rings. The molecule has 0 bridgehead atoms. The van der Waals surface area contributed by atoms with Crippen LogP contribution >= 0.6 is 0 Å². The van der Waals surface area contributed by atoms with Crippen LogP contribution in [0.3, 0.4) is 0 Å². The number of H-pyrrole nitrogens is 1. The predicted molar refractivity (Wildman–Crippen MR) is 111 cm³/mol. The normalized spacial score (nSPS) is 11.4. The molecule has 0 saturated heterocycles. The van der Waals surface area contributed by atoms with E-state index in [1.165, 1.54) is 16.7 Å². The molecule has 0 atom stereocenters. The van der Waals surface area contributed by atoms with E-state index in [1.807, 2.05) is 11.7 Å². The van der Waals surface area contributed by atoms with Crippen molar-refractivity contribution < 1.29 is 4.79 Å². The molecule has 4 rings (SSSR count). The van der Waals surface area contributed by atoms with Crippen LogP contribution in [0.4, 0.5) is 0 Å². The molecule has 0 aliphatic heterocycles. The minimum absolute atomic E-state index is 0.000673. The molecule has 2 N–H and O–H groups in total. The molecular weight excluding hydrogens is 350 g/mol. The van der Waals surface area contributed by atoms with Crippen molar-refractivity contribution in [2.45, 2.75) is 40.2 Å². The number of amides is 1. The van der Waals surface area contributed by atoms with Gasteiger partial charge in [0.1, 0.15) is 5.82 Å². The van der Waals surface area contributed by atoms with Crippen molar-refractivity contribution in [2.24, 2.45) is 7.05 Å². The third-order valence-electron chi connectivity index (χ3n) is 5.27. The number of aromatic amines is 1. The summed E-state index contributed by atoms with van der Waals surface area (Å²) in [5.41, 5.74) is 7.58. The molecule has 0 radical (unpaired) electrons. The lowest BCUT2D eigenvalue weighted by molar-refractivity contribution is -0.121. The van der Waals surface area contributed by atoms with Crippen LogP contribution in [0.25, 0.3) is 21.9 Å². The second-order valence-corrected chi connectivity index (χ2v) is 7.50. The van der Waals surface area contributed by atoms with E-state index in [9.17, 15) is 4.79 Å². The highest BCUT2D eigenvalue weighted by Crippen LogP contribution is 2.20. The first-order valence-electron chi connectivity index (χ1n) is 9.55. The first-order valence-corrected chi connectivity index (χ1v) is 9.55. The van der Waals surface area contributed by atoms with E-state index >= 15 is 0 Å². The third kappa shape index (κ3) is 3.50. The van der Waals surface area contributed by atoms with Crippen LogP contribution in [-0.2, 0) is 24.8 Å². The Morgan fingerprint density at radius 3 is 2.75 bits per heavy atom. The standard InChI is InChI=1S/C22H25N5O/c1-13-5-6-20-16(9-13)19(26-27(20)4)12-23-22(28)8-7-21-24-17-10-14(2)15(3)11-18(17)25-21/h5-6,9-11H,7-8,12H2,1-4H3,(H,23,28)(H,24,25). The number of hydrogen-bond donors (Lipinski definition) is 2. The second-order valence-electron chi connectivity index (χ2n) is 7.50. The van der Waals surface area contributed by atoms with Gasteiger partial charge < -0.3 is 10.3 Å². The molecule has 4 aromatic rings.